The second-order valence-electron chi connectivity index (χ2n) is 14.4. The first-order chi connectivity index (χ1) is 28.2. The van der Waals surface area contributed by atoms with Crippen LogP contribution in [0.4, 0.5) is 0 Å². The normalized spacial score (nSPS) is 11.5. The maximum Gasteiger partial charge on any atom is 0.164 e. The van der Waals surface area contributed by atoms with E-state index in [0.29, 0.717) is 17.5 Å². The molecule has 0 aliphatic heterocycles. The molecule has 0 unspecified atom stereocenters. The molecule has 0 aliphatic carbocycles. The van der Waals surface area contributed by atoms with Crippen molar-refractivity contribution >= 4 is 43.5 Å². The fourth-order valence-corrected chi connectivity index (χ4v) is 7.99. The van der Waals surface area contributed by atoms with Gasteiger partial charge in [0.1, 0.15) is 11.2 Å². The molecule has 11 aromatic rings. The summed E-state index contributed by atoms with van der Waals surface area (Å²) in [7, 11) is 0. The van der Waals surface area contributed by atoms with Crippen molar-refractivity contribution in [2.24, 2.45) is 0 Å². The van der Waals surface area contributed by atoms with Crippen LogP contribution in [-0.2, 0) is 0 Å². The molecule has 11 rings (SSSR count). The van der Waals surface area contributed by atoms with Crippen molar-refractivity contribution < 1.29 is 4.42 Å². The zero-order valence-electron chi connectivity index (χ0n) is 30.8. The zero-order valence-corrected chi connectivity index (χ0v) is 30.8. The van der Waals surface area contributed by atoms with Gasteiger partial charge in [0.2, 0.25) is 0 Å². The molecule has 2 heterocycles. The van der Waals surface area contributed by atoms with Crippen LogP contribution in [0.1, 0.15) is 0 Å². The fraction of sp³-hybridized carbons (Fsp3) is 0. The summed E-state index contributed by atoms with van der Waals surface area (Å²) < 4.78 is 6.35. The Kier molecular flexibility index (Phi) is 7.78. The molecule has 0 saturated carbocycles. The summed E-state index contributed by atoms with van der Waals surface area (Å²) in [6.07, 6.45) is 0. The molecule has 57 heavy (non-hydrogen) atoms. The first kappa shape index (κ1) is 32.7. The van der Waals surface area contributed by atoms with Crippen molar-refractivity contribution in [2.75, 3.05) is 0 Å². The minimum absolute atomic E-state index is 0.599. The Balaban J connectivity index is 1.04. The minimum atomic E-state index is 0.599. The Morgan fingerprint density at radius 1 is 0.263 bits per heavy atom. The van der Waals surface area contributed by atoms with Crippen molar-refractivity contribution in [1.29, 1.82) is 0 Å². The maximum absolute atomic E-state index is 6.35. The van der Waals surface area contributed by atoms with Crippen LogP contribution in [0.2, 0.25) is 0 Å². The third kappa shape index (κ3) is 6.01. The molecule has 0 spiro atoms. The molecule has 9 aromatic carbocycles. The molecule has 0 atom stereocenters. The molecule has 266 valence electrons. The van der Waals surface area contributed by atoms with Crippen LogP contribution in [0.3, 0.4) is 0 Å². The number of hydrogen-bond acceptors (Lipinski definition) is 4. The van der Waals surface area contributed by atoms with Gasteiger partial charge >= 0.3 is 0 Å². The van der Waals surface area contributed by atoms with Crippen molar-refractivity contribution in [1.82, 2.24) is 15.0 Å². The average molecular weight is 728 g/mol. The fourth-order valence-electron chi connectivity index (χ4n) is 7.99. The van der Waals surface area contributed by atoms with Crippen molar-refractivity contribution in [2.45, 2.75) is 0 Å². The lowest BCUT2D eigenvalue weighted by Gasteiger charge is -2.11. The number of furan rings is 1. The van der Waals surface area contributed by atoms with Crippen LogP contribution in [0.25, 0.3) is 111 Å². The SMILES string of the molecule is c1ccc(-c2cccc(-c3nc(-c4cccc(-c5ccc6cc(-c7ccccc7)ccc6c5)c4)nc(-c4ccc5oc6ccc7ccccc7c6c5c4)n3)c2)cc1. The number of nitrogens with zero attached hydrogens (tertiary/aromatic N) is 3. The highest BCUT2D eigenvalue weighted by molar-refractivity contribution is 6.19. The number of fused-ring (bicyclic) bond motifs is 6. The van der Waals surface area contributed by atoms with E-state index in [9.17, 15) is 0 Å². The molecule has 0 N–H and O–H groups in total. The summed E-state index contributed by atoms with van der Waals surface area (Å²) in [5.41, 5.74) is 11.3. The largest absolute Gasteiger partial charge is 0.456 e. The van der Waals surface area contributed by atoms with E-state index in [4.69, 9.17) is 19.4 Å². The highest BCUT2D eigenvalue weighted by Gasteiger charge is 2.17. The molecule has 0 saturated heterocycles. The van der Waals surface area contributed by atoms with Gasteiger partial charge in [-0.1, -0.05) is 152 Å². The first-order valence-corrected chi connectivity index (χ1v) is 19.2. The van der Waals surface area contributed by atoms with Gasteiger partial charge in [-0.3, -0.25) is 0 Å². The summed E-state index contributed by atoms with van der Waals surface area (Å²) in [6, 6.07) is 70.0. The smallest absolute Gasteiger partial charge is 0.164 e. The van der Waals surface area contributed by atoms with Gasteiger partial charge in [0.15, 0.2) is 17.5 Å². The number of rotatable bonds is 6. The predicted octanol–water partition coefficient (Wildman–Crippen LogP) is 14.1. The second-order valence-corrected chi connectivity index (χ2v) is 14.4. The predicted molar refractivity (Wildman–Crippen MR) is 235 cm³/mol. The van der Waals surface area contributed by atoms with E-state index < -0.39 is 0 Å². The quantitative estimate of drug-likeness (QED) is 0.171. The third-order valence-electron chi connectivity index (χ3n) is 10.9. The lowest BCUT2D eigenvalue weighted by molar-refractivity contribution is 0.669. The molecule has 4 heteroatoms. The van der Waals surface area contributed by atoms with Gasteiger partial charge in [-0.15, -0.1) is 0 Å². The molecular weight excluding hydrogens is 695 g/mol. The molecule has 0 aliphatic rings. The maximum atomic E-state index is 6.35. The molecular formula is C53H33N3O. The Bertz CT molecular complexity index is 3300. The summed E-state index contributed by atoms with van der Waals surface area (Å²) in [5, 5.41) is 6.84. The first-order valence-electron chi connectivity index (χ1n) is 19.2. The standard InChI is InChI=1S/C53H33N3O/c1-3-11-34(12-4-1)37-16-9-18-43(31-37)51-54-52(56-53(55-51)45-26-27-48-47(33-45)50-46-20-8-7-15-36(46)25-28-49(50)57-48)44-19-10-17-38(32-44)40-23-24-41-29-39(21-22-42(41)30-40)35-13-5-2-6-14-35/h1-33H. The Hall–Kier alpha value is -7.69. The molecule has 2 aromatic heterocycles. The number of hydrogen-bond donors (Lipinski definition) is 0. The van der Waals surface area contributed by atoms with E-state index in [-0.39, 0.29) is 0 Å². The number of benzene rings is 9. The summed E-state index contributed by atoms with van der Waals surface area (Å²) in [5.74, 6) is 1.82. The van der Waals surface area contributed by atoms with Gasteiger partial charge in [0.05, 0.1) is 0 Å². The number of aromatic nitrogens is 3. The Morgan fingerprint density at radius 3 is 1.33 bits per heavy atom. The van der Waals surface area contributed by atoms with Crippen molar-refractivity contribution in [3.63, 3.8) is 0 Å². The Labute approximate surface area is 329 Å². The molecule has 0 radical (unpaired) electrons. The van der Waals surface area contributed by atoms with E-state index >= 15 is 0 Å². The average Bonchev–Trinajstić information content (AvgIpc) is 3.68. The molecule has 0 bridgehead atoms. The topological polar surface area (TPSA) is 51.8 Å². The lowest BCUT2D eigenvalue weighted by atomic mass is 9.97. The van der Waals surface area contributed by atoms with Crippen molar-refractivity contribution in [3.05, 3.63) is 200 Å². The second kappa shape index (κ2) is 13.6. The van der Waals surface area contributed by atoms with Crippen LogP contribution >= 0.6 is 0 Å². The van der Waals surface area contributed by atoms with Crippen LogP contribution in [-0.4, -0.2) is 15.0 Å². The van der Waals surface area contributed by atoms with E-state index in [2.05, 4.69) is 182 Å². The molecule has 0 amide bonds. The molecule has 0 fully saturated rings. The van der Waals surface area contributed by atoms with Gasteiger partial charge in [-0.25, -0.2) is 15.0 Å². The third-order valence-corrected chi connectivity index (χ3v) is 10.9. The minimum Gasteiger partial charge on any atom is -0.456 e. The van der Waals surface area contributed by atoms with E-state index in [1.54, 1.807) is 0 Å². The summed E-state index contributed by atoms with van der Waals surface area (Å²) in [4.78, 5) is 15.5. The monoisotopic (exact) mass is 727 g/mol. The van der Waals surface area contributed by atoms with Gasteiger partial charge < -0.3 is 4.42 Å². The van der Waals surface area contributed by atoms with Crippen LogP contribution in [0.5, 0.6) is 0 Å². The Morgan fingerprint density at radius 2 is 0.702 bits per heavy atom. The highest BCUT2D eigenvalue weighted by atomic mass is 16.3. The van der Waals surface area contributed by atoms with Crippen LogP contribution < -0.4 is 0 Å². The van der Waals surface area contributed by atoms with Gasteiger partial charge in [0.25, 0.3) is 0 Å². The summed E-state index contributed by atoms with van der Waals surface area (Å²) in [6.45, 7) is 0. The van der Waals surface area contributed by atoms with Gasteiger partial charge in [-0.05, 0) is 103 Å². The van der Waals surface area contributed by atoms with Crippen LogP contribution in [0, 0.1) is 0 Å². The van der Waals surface area contributed by atoms with Gasteiger partial charge in [-0.2, -0.15) is 0 Å². The van der Waals surface area contributed by atoms with Crippen molar-refractivity contribution in [3.8, 4) is 67.5 Å². The lowest BCUT2D eigenvalue weighted by Crippen LogP contribution is -2.00. The zero-order chi connectivity index (χ0) is 37.7. The highest BCUT2D eigenvalue weighted by Crippen LogP contribution is 2.38. The van der Waals surface area contributed by atoms with Gasteiger partial charge in [0, 0.05) is 27.5 Å². The summed E-state index contributed by atoms with van der Waals surface area (Å²) >= 11 is 0. The van der Waals surface area contributed by atoms with E-state index in [1.807, 2.05) is 18.2 Å². The van der Waals surface area contributed by atoms with Crippen LogP contribution in [0.15, 0.2) is 205 Å². The molecule has 4 nitrogen and oxygen atoms in total. The van der Waals surface area contributed by atoms with E-state index in [0.717, 1.165) is 66.3 Å². The van der Waals surface area contributed by atoms with E-state index in [1.165, 1.54) is 27.3 Å².